The van der Waals surface area contributed by atoms with Gasteiger partial charge in [0.15, 0.2) is 0 Å². The Morgan fingerprint density at radius 2 is 1.88 bits per heavy atom. The van der Waals surface area contributed by atoms with Crippen LogP contribution in [0.15, 0.2) is 48.5 Å². The highest BCUT2D eigenvalue weighted by atomic mass is 35.5. The lowest BCUT2D eigenvalue weighted by atomic mass is 9.96. The van der Waals surface area contributed by atoms with Gasteiger partial charge in [0.25, 0.3) is 11.8 Å². The van der Waals surface area contributed by atoms with Crippen molar-refractivity contribution in [2.24, 2.45) is 5.92 Å². The first kappa shape index (κ1) is 23.8. The molecule has 1 aliphatic rings. The van der Waals surface area contributed by atoms with Crippen LogP contribution in [0.5, 0.6) is 0 Å². The van der Waals surface area contributed by atoms with Gasteiger partial charge in [-0.15, -0.1) is 0 Å². The fraction of sp³-hybridized carbons (Fsp3) is 0.375. The van der Waals surface area contributed by atoms with E-state index in [1.807, 2.05) is 0 Å². The number of nitrogens with one attached hydrogen (secondary N) is 2. The number of likely N-dealkylation sites (tertiary alicyclic amines) is 1. The number of piperidine rings is 1. The van der Waals surface area contributed by atoms with Gasteiger partial charge in [-0.3, -0.25) is 14.4 Å². The zero-order valence-electron chi connectivity index (χ0n) is 18.1. The van der Waals surface area contributed by atoms with Gasteiger partial charge in [0.2, 0.25) is 5.91 Å². The van der Waals surface area contributed by atoms with Crippen molar-refractivity contribution >= 4 is 35.0 Å². The van der Waals surface area contributed by atoms with Crippen LogP contribution >= 0.6 is 11.6 Å². The summed E-state index contributed by atoms with van der Waals surface area (Å²) in [6.45, 7) is 2.19. The molecule has 2 aromatic rings. The van der Waals surface area contributed by atoms with Crippen molar-refractivity contribution in [1.82, 2.24) is 10.2 Å². The van der Waals surface area contributed by atoms with Crippen LogP contribution in [-0.2, 0) is 9.53 Å². The Morgan fingerprint density at radius 1 is 1.12 bits per heavy atom. The third-order valence-corrected chi connectivity index (χ3v) is 5.74. The van der Waals surface area contributed by atoms with Gasteiger partial charge in [0, 0.05) is 44.6 Å². The highest BCUT2D eigenvalue weighted by Crippen LogP contribution is 2.21. The van der Waals surface area contributed by atoms with Crippen molar-refractivity contribution in [3.05, 3.63) is 64.7 Å². The summed E-state index contributed by atoms with van der Waals surface area (Å²) in [6, 6.07) is 13.5. The third kappa shape index (κ3) is 6.31. The first-order valence-electron chi connectivity index (χ1n) is 10.7. The van der Waals surface area contributed by atoms with E-state index >= 15 is 0 Å². The Balaban J connectivity index is 1.56. The molecule has 8 heteroatoms. The molecule has 170 valence electrons. The molecule has 1 unspecified atom stereocenters. The molecule has 1 saturated heterocycles. The molecular formula is C24H28ClN3O4. The molecule has 32 heavy (non-hydrogen) atoms. The lowest BCUT2D eigenvalue weighted by Crippen LogP contribution is -2.45. The maximum absolute atomic E-state index is 12.9. The average Bonchev–Trinajstić information content (AvgIpc) is 2.82. The van der Waals surface area contributed by atoms with Crippen molar-refractivity contribution in [1.29, 1.82) is 0 Å². The van der Waals surface area contributed by atoms with E-state index in [1.165, 1.54) is 0 Å². The van der Waals surface area contributed by atoms with Crippen molar-refractivity contribution in [2.75, 3.05) is 38.7 Å². The van der Waals surface area contributed by atoms with Crippen LogP contribution in [-0.4, -0.2) is 56.0 Å². The maximum atomic E-state index is 12.9. The number of carbonyl (C=O) groups is 3. The monoisotopic (exact) mass is 457 g/mol. The number of hydrogen-bond donors (Lipinski definition) is 2. The summed E-state index contributed by atoms with van der Waals surface area (Å²) in [5.41, 5.74) is 1.47. The van der Waals surface area contributed by atoms with Crippen LogP contribution in [0.1, 0.15) is 40.0 Å². The van der Waals surface area contributed by atoms with Gasteiger partial charge in [-0.1, -0.05) is 23.7 Å². The van der Waals surface area contributed by atoms with Crippen LogP contribution < -0.4 is 10.6 Å². The summed E-state index contributed by atoms with van der Waals surface area (Å²) in [6.07, 6.45) is 2.32. The van der Waals surface area contributed by atoms with Gasteiger partial charge in [0.1, 0.15) is 0 Å². The lowest BCUT2D eigenvalue weighted by molar-refractivity contribution is -0.126. The number of anilines is 1. The number of hydrogen-bond acceptors (Lipinski definition) is 4. The predicted molar refractivity (Wildman–Crippen MR) is 124 cm³/mol. The van der Waals surface area contributed by atoms with E-state index in [2.05, 4.69) is 10.6 Å². The summed E-state index contributed by atoms with van der Waals surface area (Å²) >= 11 is 6.07. The zero-order valence-corrected chi connectivity index (χ0v) is 18.9. The smallest absolute Gasteiger partial charge is 0.257 e. The third-order valence-electron chi connectivity index (χ3n) is 5.41. The highest BCUT2D eigenvalue weighted by molar-refractivity contribution is 6.34. The minimum Gasteiger partial charge on any atom is -0.385 e. The SMILES string of the molecule is COCCCNC(=O)C1CCCN(C(=O)c2ccc(NC(=O)c3ccccc3Cl)cc2)C1. The van der Waals surface area contributed by atoms with Crippen LogP contribution in [0, 0.1) is 5.92 Å². The first-order chi connectivity index (χ1) is 15.5. The van der Waals surface area contributed by atoms with Crippen molar-refractivity contribution in [3.8, 4) is 0 Å². The standard InChI is InChI=1S/C24H28ClN3O4/c1-32-15-5-13-26-22(29)18-6-4-14-28(16-18)24(31)17-9-11-19(12-10-17)27-23(30)20-7-2-3-8-21(20)25/h2-3,7-12,18H,4-6,13-16H2,1H3,(H,26,29)(H,27,30). The summed E-state index contributed by atoms with van der Waals surface area (Å²) in [5, 5.41) is 6.08. The molecule has 0 bridgehead atoms. The van der Waals surface area contributed by atoms with E-state index in [0.717, 1.165) is 19.3 Å². The molecule has 2 N–H and O–H groups in total. The van der Waals surface area contributed by atoms with E-state index in [9.17, 15) is 14.4 Å². The second-order valence-electron chi connectivity index (χ2n) is 7.74. The van der Waals surface area contributed by atoms with Crippen LogP contribution in [0.2, 0.25) is 5.02 Å². The van der Waals surface area contributed by atoms with E-state index in [0.29, 0.717) is 48.1 Å². The van der Waals surface area contributed by atoms with E-state index in [4.69, 9.17) is 16.3 Å². The van der Waals surface area contributed by atoms with Crippen LogP contribution in [0.3, 0.4) is 0 Å². The average molecular weight is 458 g/mol. The number of ether oxygens (including phenoxy) is 1. The molecule has 3 rings (SSSR count). The number of benzene rings is 2. The number of nitrogens with zero attached hydrogens (tertiary/aromatic N) is 1. The fourth-order valence-electron chi connectivity index (χ4n) is 3.67. The van der Waals surface area contributed by atoms with Crippen molar-refractivity contribution in [3.63, 3.8) is 0 Å². The molecule has 0 aliphatic carbocycles. The Labute approximate surface area is 193 Å². The predicted octanol–water partition coefficient (Wildman–Crippen LogP) is 3.60. The number of methoxy groups -OCH3 is 1. The molecule has 1 heterocycles. The highest BCUT2D eigenvalue weighted by Gasteiger charge is 2.28. The molecule has 3 amide bonds. The minimum absolute atomic E-state index is 0.0174. The Bertz CT molecular complexity index is 949. The molecule has 1 atom stereocenters. The van der Waals surface area contributed by atoms with Gasteiger partial charge in [0.05, 0.1) is 16.5 Å². The van der Waals surface area contributed by atoms with Crippen molar-refractivity contribution < 1.29 is 19.1 Å². The van der Waals surface area contributed by atoms with E-state index in [-0.39, 0.29) is 23.6 Å². The van der Waals surface area contributed by atoms with E-state index in [1.54, 1.807) is 60.5 Å². The summed E-state index contributed by atoms with van der Waals surface area (Å²) in [7, 11) is 1.63. The van der Waals surface area contributed by atoms with Crippen LogP contribution in [0.4, 0.5) is 5.69 Å². The summed E-state index contributed by atoms with van der Waals surface area (Å²) in [5.74, 6) is -0.656. The number of carbonyl (C=O) groups excluding carboxylic acids is 3. The van der Waals surface area contributed by atoms with Gasteiger partial charge in [-0.2, -0.15) is 0 Å². The van der Waals surface area contributed by atoms with Gasteiger partial charge in [-0.25, -0.2) is 0 Å². The normalized spacial score (nSPS) is 15.8. The van der Waals surface area contributed by atoms with Crippen molar-refractivity contribution in [2.45, 2.75) is 19.3 Å². The van der Waals surface area contributed by atoms with Gasteiger partial charge < -0.3 is 20.3 Å². The minimum atomic E-state index is -0.315. The Kier molecular flexibility index (Phi) is 8.64. The number of halogens is 1. The second kappa shape index (κ2) is 11.6. The fourth-order valence-corrected chi connectivity index (χ4v) is 3.89. The number of rotatable bonds is 8. The molecular weight excluding hydrogens is 430 g/mol. The summed E-state index contributed by atoms with van der Waals surface area (Å²) in [4.78, 5) is 39.5. The first-order valence-corrected chi connectivity index (χ1v) is 11.1. The van der Waals surface area contributed by atoms with Gasteiger partial charge in [-0.05, 0) is 55.7 Å². The molecule has 0 saturated carbocycles. The molecule has 2 aromatic carbocycles. The topological polar surface area (TPSA) is 87.7 Å². The quantitative estimate of drug-likeness (QED) is 0.593. The summed E-state index contributed by atoms with van der Waals surface area (Å²) < 4.78 is 4.99. The Morgan fingerprint density at radius 3 is 2.59 bits per heavy atom. The largest absolute Gasteiger partial charge is 0.385 e. The zero-order chi connectivity index (χ0) is 22.9. The second-order valence-corrected chi connectivity index (χ2v) is 8.15. The van der Waals surface area contributed by atoms with Gasteiger partial charge >= 0.3 is 0 Å². The molecule has 1 aliphatic heterocycles. The molecule has 0 spiro atoms. The van der Waals surface area contributed by atoms with Crippen LogP contribution in [0.25, 0.3) is 0 Å². The van der Waals surface area contributed by atoms with E-state index < -0.39 is 0 Å². The lowest BCUT2D eigenvalue weighted by Gasteiger charge is -2.32. The molecule has 1 fully saturated rings. The molecule has 0 aromatic heterocycles. The maximum Gasteiger partial charge on any atom is 0.257 e. The molecule has 0 radical (unpaired) electrons. The molecule has 7 nitrogen and oxygen atoms in total. The number of amides is 3. The Hall–Kier alpha value is -2.90.